The molecule has 102 valence electrons. The smallest absolute Gasteiger partial charge is 0.154 e. The van der Waals surface area contributed by atoms with Crippen molar-refractivity contribution in [1.82, 2.24) is 14.6 Å². The second-order valence-corrected chi connectivity index (χ2v) is 4.95. The van der Waals surface area contributed by atoms with E-state index in [0.717, 1.165) is 28.3 Å². The molecule has 0 saturated heterocycles. The Bertz CT molecular complexity index is 744. The van der Waals surface area contributed by atoms with Crippen LogP contribution in [0.2, 0.25) is 0 Å². The first kappa shape index (κ1) is 12.8. The number of fused-ring (bicyclic) bond motifs is 1. The van der Waals surface area contributed by atoms with Crippen LogP contribution in [0.4, 0.5) is 0 Å². The molecule has 2 heterocycles. The number of aromatic nitrogens is 3. The van der Waals surface area contributed by atoms with Gasteiger partial charge in [-0.25, -0.2) is 9.50 Å². The van der Waals surface area contributed by atoms with E-state index in [-0.39, 0.29) is 0 Å². The summed E-state index contributed by atoms with van der Waals surface area (Å²) in [6, 6.07) is 12.3. The molecule has 0 atom stereocenters. The molecule has 0 amide bonds. The van der Waals surface area contributed by atoms with Crippen molar-refractivity contribution in [3.63, 3.8) is 0 Å². The zero-order valence-corrected chi connectivity index (χ0v) is 11.9. The molecule has 0 spiro atoms. The van der Waals surface area contributed by atoms with Crippen molar-refractivity contribution < 1.29 is 4.74 Å². The van der Waals surface area contributed by atoms with Gasteiger partial charge in [0.05, 0.1) is 23.7 Å². The topological polar surface area (TPSA) is 39.4 Å². The fourth-order valence-corrected chi connectivity index (χ4v) is 2.28. The van der Waals surface area contributed by atoms with Gasteiger partial charge in [0.1, 0.15) is 0 Å². The summed E-state index contributed by atoms with van der Waals surface area (Å²) in [5.41, 5.74) is 6.05. The summed E-state index contributed by atoms with van der Waals surface area (Å²) in [7, 11) is 1.69. The fourth-order valence-electron chi connectivity index (χ4n) is 2.28. The van der Waals surface area contributed by atoms with Gasteiger partial charge in [-0.15, -0.1) is 0 Å². The monoisotopic (exact) mass is 267 g/mol. The van der Waals surface area contributed by atoms with E-state index in [4.69, 9.17) is 9.72 Å². The number of hydrogen-bond donors (Lipinski definition) is 0. The van der Waals surface area contributed by atoms with Crippen molar-refractivity contribution >= 4 is 5.65 Å². The Kier molecular flexibility index (Phi) is 3.24. The molecule has 1 aromatic carbocycles. The number of ether oxygens (including phenoxy) is 1. The molecular weight excluding hydrogens is 250 g/mol. The Balaban J connectivity index is 2.23. The number of methoxy groups -OCH3 is 1. The molecule has 0 aliphatic rings. The van der Waals surface area contributed by atoms with Gasteiger partial charge in [-0.1, -0.05) is 29.8 Å². The second-order valence-electron chi connectivity index (χ2n) is 4.95. The van der Waals surface area contributed by atoms with Crippen molar-refractivity contribution in [2.75, 3.05) is 7.11 Å². The molecular formula is C16H17N3O. The van der Waals surface area contributed by atoms with Crippen molar-refractivity contribution in [3.05, 3.63) is 53.3 Å². The van der Waals surface area contributed by atoms with Crippen LogP contribution in [-0.2, 0) is 11.3 Å². The lowest BCUT2D eigenvalue weighted by atomic mass is 10.1. The van der Waals surface area contributed by atoms with E-state index < -0.39 is 0 Å². The maximum atomic E-state index is 5.32. The number of imidazole rings is 1. The quantitative estimate of drug-likeness (QED) is 0.731. The summed E-state index contributed by atoms with van der Waals surface area (Å²) in [5, 5.41) is 4.53. The maximum absolute atomic E-state index is 5.32. The minimum Gasteiger partial charge on any atom is -0.378 e. The molecule has 0 fully saturated rings. The van der Waals surface area contributed by atoms with Gasteiger partial charge in [0, 0.05) is 12.7 Å². The predicted octanol–water partition coefficient (Wildman–Crippen LogP) is 3.16. The first-order chi connectivity index (χ1) is 9.69. The van der Waals surface area contributed by atoms with Gasteiger partial charge in [0.15, 0.2) is 5.65 Å². The third-order valence-corrected chi connectivity index (χ3v) is 3.31. The number of benzene rings is 1. The van der Waals surface area contributed by atoms with Crippen LogP contribution in [0.15, 0.2) is 36.4 Å². The highest BCUT2D eigenvalue weighted by molar-refractivity contribution is 5.66. The number of aryl methyl sites for hydroxylation is 2. The fraction of sp³-hybridized carbons (Fsp3) is 0.250. The second kappa shape index (κ2) is 5.06. The Morgan fingerprint density at radius 3 is 2.50 bits per heavy atom. The third kappa shape index (κ3) is 2.18. The van der Waals surface area contributed by atoms with Crippen LogP contribution in [0.25, 0.3) is 16.9 Å². The predicted molar refractivity (Wildman–Crippen MR) is 78.6 cm³/mol. The molecule has 0 radical (unpaired) electrons. The Morgan fingerprint density at radius 2 is 1.80 bits per heavy atom. The van der Waals surface area contributed by atoms with Crippen molar-refractivity contribution in [1.29, 1.82) is 0 Å². The van der Waals surface area contributed by atoms with Crippen molar-refractivity contribution in [2.45, 2.75) is 20.5 Å². The van der Waals surface area contributed by atoms with Crippen LogP contribution in [0.5, 0.6) is 0 Å². The van der Waals surface area contributed by atoms with Crippen LogP contribution < -0.4 is 0 Å². The van der Waals surface area contributed by atoms with Crippen molar-refractivity contribution in [3.8, 4) is 11.3 Å². The van der Waals surface area contributed by atoms with Crippen LogP contribution in [-0.4, -0.2) is 21.7 Å². The first-order valence-corrected chi connectivity index (χ1v) is 6.60. The lowest BCUT2D eigenvalue weighted by Crippen LogP contribution is -2.01. The van der Waals surface area contributed by atoms with Gasteiger partial charge in [-0.05, 0) is 26.0 Å². The molecule has 0 bridgehead atoms. The van der Waals surface area contributed by atoms with E-state index in [1.165, 1.54) is 5.56 Å². The average molecular weight is 267 g/mol. The van der Waals surface area contributed by atoms with Gasteiger partial charge < -0.3 is 4.74 Å². The van der Waals surface area contributed by atoms with Crippen LogP contribution in [0.1, 0.15) is 17.0 Å². The summed E-state index contributed by atoms with van der Waals surface area (Å²) in [4.78, 5) is 4.69. The first-order valence-electron chi connectivity index (χ1n) is 6.60. The van der Waals surface area contributed by atoms with Gasteiger partial charge in [0.25, 0.3) is 0 Å². The molecule has 20 heavy (non-hydrogen) atoms. The summed E-state index contributed by atoms with van der Waals surface area (Å²) < 4.78 is 7.19. The highest BCUT2D eigenvalue weighted by Crippen LogP contribution is 2.25. The summed E-state index contributed by atoms with van der Waals surface area (Å²) in [5.74, 6) is 0. The SMILES string of the molecule is COCc1c(-c2ccc(C)cc2)nc2ccc(C)nn12. The lowest BCUT2D eigenvalue weighted by molar-refractivity contribution is 0.180. The molecule has 0 saturated carbocycles. The zero-order valence-electron chi connectivity index (χ0n) is 11.9. The molecule has 4 heteroatoms. The molecule has 0 unspecified atom stereocenters. The molecule has 0 N–H and O–H groups in total. The van der Waals surface area contributed by atoms with Crippen molar-refractivity contribution in [2.24, 2.45) is 0 Å². The van der Waals surface area contributed by atoms with E-state index >= 15 is 0 Å². The van der Waals surface area contributed by atoms with Crippen LogP contribution >= 0.6 is 0 Å². The molecule has 4 nitrogen and oxygen atoms in total. The summed E-state index contributed by atoms with van der Waals surface area (Å²) >= 11 is 0. The van der Waals surface area contributed by atoms with E-state index in [9.17, 15) is 0 Å². The largest absolute Gasteiger partial charge is 0.378 e. The maximum Gasteiger partial charge on any atom is 0.154 e. The van der Waals surface area contributed by atoms with E-state index in [2.05, 4.69) is 36.3 Å². The number of rotatable bonds is 3. The van der Waals surface area contributed by atoms with Gasteiger partial charge in [-0.3, -0.25) is 0 Å². The molecule has 3 aromatic rings. The minimum absolute atomic E-state index is 0.487. The highest BCUT2D eigenvalue weighted by Gasteiger charge is 2.14. The Morgan fingerprint density at radius 1 is 1.05 bits per heavy atom. The van der Waals surface area contributed by atoms with Gasteiger partial charge in [-0.2, -0.15) is 5.10 Å². The van der Waals surface area contributed by atoms with Crippen LogP contribution in [0, 0.1) is 13.8 Å². The van der Waals surface area contributed by atoms with E-state index in [0.29, 0.717) is 6.61 Å². The summed E-state index contributed by atoms with van der Waals surface area (Å²) in [6.45, 7) is 4.54. The normalized spacial score (nSPS) is 11.2. The minimum atomic E-state index is 0.487. The third-order valence-electron chi connectivity index (χ3n) is 3.31. The Hall–Kier alpha value is -2.20. The Labute approximate surface area is 118 Å². The van der Waals surface area contributed by atoms with Gasteiger partial charge >= 0.3 is 0 Å². The standard InChI is InChI=1S/C16H17N3O/c1-11-4-7-13(8-5-11)16-14(10-20-3)19-15(17-16)9-6-12(2)18-19/h4-9H,10H2,1-3H3. The van der Waals surface area contributed by atoms with Gasteiger partial charge in [0.2, 0.25) is 0 Å². The number of hydrogen-bond acceptors (Lipinski definition) is 3. The number of nitrogens with zero attached hydrogens (tertiary/aromatic N) is 3. The molecule has 0 aliphatic heterocycles. The van der Waals surface area contributed by atoms with E-state index in [1.807, 2.05) is 23.6 Å². The molecule has 3 rings (SSSR count). The van der Waals surface area contributed by atoms with E-state index in [1.54, 1.807) is 7.11 Å². The molecule has 0 aliphatic carbocycles. The lowest BCUT2D eigenvalue weighted by Gasteiger charge is -2.04. The van der Waals surface area contributed by atoms with Crippen LogP contribution in [0.3, 0.4) is 0 Å². The summed E-state index contributed by atoms with van der Waals surface area (Å²) in [6.07, 6.45) is 0. The molecule has 2 aromatic heterocycles. The average Bonchev–Trinajstić information content (AvgIpc) is 2.79. The highest BCUT2D eigenvalue weighted by atomic mass is 16.5. The zero-order chi connectivity index (χ0) is 14.1.